The Morgan fingerprint density at radius 2 is 1.28 bits per heavy atom. The molecule has 0 heterocycles. The van der Waals surface area contributed by atoms with Gasteiger partial charge in [0.1, 0.15) is 0 Å². The summed E-state index contributed by atoms with van der Waals surface area (Å²) in [5, 5.41) is 0. The molecule has 0 atom stereocenters. The molecule has 0 rings (SSSR count). The zero-order chi connectivity index (χ0) is 14.7. The van der Waals surface area contributed by atoms with E-state index < -0.39 is 15.6 Å². The van der Waals surface area contributed by atoms with Gasteiger partial charge in [0, 0.05) is 0 Å². The molecule has 18 heavy (non-hydrogen) atoms. The highest BCUT2D eigenvalue weighted by Gasteiger charge is 2.27. The van der Waals surface area contributed by atoms with E-state index in [1.807, 2.05) is 0 Å². The molecule has 0 aliphatic heterocycles. The van der Waals surface area contributed by atoms with E-state index in [9.17, 15) is 9.13 Å². The molecule has 0 aliphatic rings. The summed E-state index contributed by atoms with van der Waals surface area (Å²) in [5.41, 5.74) is 5.34. The van der Waals surface area contributed by atoms with Crippen molar-refractivity contribution in [2.24, 2.45) is 5.73 Å². The molecular weight excluding hydrogens is 284 g/mol. The fraction of sp³-hybridized carbons (Fsp3) is 1.00. The van der Waals surface area contributed by atoms with Crippen LogP contribution in [0.25, 0.3) is 0 Å². The number of phosphoric acid groups is 2. The number of hydrogen-bond acceptors (Lipinski definition) is 4. The molecule has 6 N–H and O–H groups in total. The third-order valence-electron chi connectivity index (χ3n) is 1.77. The second kappa shape index (κ2) is 11.1. The monoisotopic (exact) mass is 307 g/mol. The number of hydrogen-bond donors (Lipinski definition) is 5. The van der Waals surface area contributed by atoms with Gasteiger partial charge in [0.2, 0.25) is 0 Å². The van der Waals surface area contributed by atoms with Crippen LogP contribution >= 0.6 is 15.6 Å². The Hall–Kier alpha value is 0.220. The first kappa shape index (κ1) is 20.5. The van der Waals surface area contributed by atoms with Gasteiger partial charge in [0.15, 0.2) is 0 Å². The van der Waals surface area contributed by atoms with Crippen LogP contribution in [0.4, 0.5) is 0 Å². The summed E-state index contributed by atoms with van der Waals surface area (Å²) in [4.78, 5) is 31.0. The van der Waals surface area contributed by atoms with Crippen LogP contribution in [-0.2, 0) is 13.4 Å². The molecule has 0 amide bonds. The lowest BCUT2D eigenvalue weighted by atomic mass is 10.1. The lowest BCUT2D eigenvalue weighted by molar-refractivity contribution is 0.225. The summed E-state index contributed by atoms with van der Waals surface area (Å²) in [5.74, 6) is 0. The lowest BCUT2D eigenvalue weighted by Gasteiger charge is -2.03. The second-order valence-corrected chi connectivity index (χ2v) is 6.23. The average Bonchev–Trinajstić information content (AvgIpc) is 2.13. The van der Waals surface area contributed by atoms with E-state index in [0.29, 0.717) is 0 Å². The first-order chi connectivity index (χ1) is 8.12. The zero-order valence-corrected chi connectivity index (χ0v) is 12.2. The molecule has 0 aliphatic carbocycles. The molecule has 0 bridgehead atoms. The van der Waals surface area contributed by atoms with Gasteiger partial charge in [-0.05, 0) is 13.0 Å². The van der Waals surface area contributed by atoms with Gasteiger partial charge in [0.05, 0.1) is 0 Å². The maximum atomic E-state index is 9.63. The summed E-state index contributed by atoms with van der Waals surface area (Å²) < 4.78 is 22.2. The highest BCUT2D eigenvalue weighted by Crippen LogP contribution is 2.53. The summed E-state index contributed by atoms with van der Waals surface area (Å²) in [7, 11) is -10.1. The van der Waals surface area contributed by atoms with Crippen molar-refractivity contribution in [3.63, 3.8) is 0 Å². The van der Waals surface area contributed by atoms with Gasteiger partial charge < -0.3 is 25.3 Å². The molecule has 0 saturated heterocycles. The summed E-state index contributed by atoms with van der Waals surface area (Å²) in [6.07, 6.45) is 8.05. The molecular formula is C8H23NO7P2. The Morgan fingerprint density at radius 3 is 1.56 bits per heavy atom. The van der Waals surface area contributed by atoms with Crippen LogP contribution in [0.2, 0.25) is 0 Å². The Kier molecular flexibility index (Phi) is 12.6. The van der Waals surface area contributed by atoms with Gasteiger partial charge in [-0.25, -0.2) is 9.13 Å². The van der Waals surface area contributed by atoms with Crippen molar-refractivity contribution in [2.75, 3.05) is 6.54 Å². The fourth-order valence-corrected chi connectivity index (χ4v) is 2.17. The fourth-order valence-electron chi connectivity index (χ4n) is 1.06. The van der Waals surface area contributed by atoms with Gasteiger partial charge in [-0.1, -0.05) is 39.0 Å². The van der Waals surface area contributed by atoms with Crippen molar-refractivity contribution >= 4 is 15.6 Å². The first-order valence-corrected chi connectivity index (χ1v) is 8.71. The quantitative estimate of drug-likeness (QED) is 0.334. The number of unbranched alkanes of at least 4 members (excludes halogenated alkanes) is 5. The second-order valence-electron chi connectivity index (χ2n) is 3.62. The maximum Gasteiger partial charge on any atom is 0.478 e. The molecule has 0 unspecified atom stereocenters. The lowest BCUT2D eigenvalue weighted by Crippen LogP contribution is -1.97. The highest BCUT2D eigenvalue weighted by molar-refractivity contribution is 7.60. The largest absolute Gasteiger partial charge is 0.478 e. The van der Waals surface area contributed by atoms with Gasteiger partial charge in [0.25, 0.3) is 0 Å². The van der Waals surface area contributed by atoms with Crippen LogP contribution in [0.1, 0.15) is 45.4 Å². The van der Waals surface area contributed by atoms with Crippen molar-refractivity contribution in [3.8, 4) is 0 Å². The van der Waals surface area contributed by atoms with E-state index in [1.165, 1.54) is 38.5 Å². The summed E-state index contributed by atoms with van der Waals surface area (Å²) in [6.45, 7) is 3.11. The highest BCUT2D eigenvalue weighted by atomic mass is 31.3. The van der Waals surface area contributed by atoms with Crippen LogP contribution in [0.5, 0.6) is 0 Å². The first-order valence-electron chi connectivity index (χ1n) is 5.65. The minimum Gasteiger partial charge on any atom is -0.330 e. The minimum atomic E-state index is -5.05. The Labute approximate surface area is 107 Å². The average molecular weight is 307 g/mol. The van der Waals surface area contributed by atoms with Crippen molar-refractivity contribution < 1.29 is 33.0 Å². The van der Waals surface area contributed by atoms with Crippen LogP contribution in [0.3, 0.4) is 0 Å². The molecule has 0 aromatic heterocycles. The van der Waals surface area contributed by atoms with E-state index in [0.717, 1.165) is 6.54 Å². The van der Waals surface area contributed by atoms with E-state index in [1.54, 1.807) is 0 Å². The predicted molar refractivity (Wildman–Crippen MR) is 67.6 cm³/mol. The van der Waals surface area contributed by atoms with Crippen molar-refractivity contribution in [1.82, 2.24) is 0 Å². The van der Waals surface area contributed by atoms with Gasteiger partial charge >= 0.3 is 15.6 Å². The maximum absolute atomic E-state index is 9.63. The molecule has 0 fully saturated rings. The molecule has 0 saturated carbocycles. The SMILES string of the molecule is CCCCCCCCN.O=P(O)(O)OP(=O)(O)O. The van der Waals surface area contributed by atoms with E-state index in [4.69, 9.17) is 25.3 Å². The molecule has 112 valence electrons. The van der Waals surface area contributed by atoms with Crippen molar-refractivity contribution in [1.29, 1.82) is 0 Å². The standard InChI is InChI=1S/C8H19N.H4O7P2/c1-2-3-4-5-6-7-8-9;1-8(2,3)7-9(4,5)6/h2-9H2,1H3;(H2,1,2,3)(H2,4,5,6). The topological polar surface area (TPSA) is 150 Å². The third kappa shape index (κ3) is 25.2. The number of rotatable bonds is 8. The van der Waals surface area contributed by atoms with Crippen LogP contribution < -0.4 is 5.73 Å². The molecule has 0 spiro atoms. The van der Waals surface area contributed by atoms with Gasteiger partial charge in [-0.15, -0.1) is 0 Å². The number of nitrogens with two attached hydrogens (primary N) is 1. The van der Waals surface area contributed by atoms with E-state index >= 15 is 0 Å². The third-order valence-corrected chi connectivity index (χ3v) is 3.47. The molecule has 10 heteroatoms. The van der Waals surface area contributed by atoms with Gasteiger partial charge in [-0.2, -0.15) is 4.31 Å². The van der Waals surface area contributed by atoms with Crippen molar-refractivity contribution in [2.45, 2.75) is 45.4 Å². The van der Waals surface area contributed by atoms with Crippen LogP contribution in [0, 0.1) is 0 Å². The Balaban J connectivity index is 0. The predicted octanol–water partition coefficient (Wildman–Crippen LogP) is 1.49. The van der Waals surface area contributed by atoms with E-state index in [-0.39, 0.29) is 0 Å². The summed E-state index contributed by atoms with van der Waals surface area (Å²) >= 11 is 0. The Morgan fingerprint density at radius 1 is 0.889 bits per heavy atom. The van der Waals surface area contributed by atoms with Crippen LogP contribution in [-0.4, -0.2) is 26.1 Å². The molecule has 8 nitrogen and oxygen atoms in total. The summed E-state index contributed by atoms with van der Waals surface area (Å²) in [6, 6.07) is 0. The molecule has 0 aromatic carbocycles. The van der Waals surface area contributed by atoms with Crippen molar-refractivity contribution in [3.05, 3.63) is 0 Å². The normalized spacial score (nSPS) is 11.9. The van der Waals surface area contributed by atoms with Crippen LogP contribution in [0.15, 0.2) is 0 Å². The molecule has 0 aromatic rings. The molecule has 0 radical (unpaired) electrons. The smallest absolute Gasteiger partial charge is 0.330 e. The minimum absolute atomic E-state index is 0.867. The zero-order valence-electron chi connectivity index (χ0n) is 10.4. The van der Waals surface area contributed by atoms with Gasteiger partial charge in [-0.3, -0.25) is 0 Å². The van der Waals surface area contributed by atoms with E-state index in [2.05, 4.69) is 11.2 Å². The Bertz CT molecular complexity index is 249.